The highest BCUT2D eigenvalue weighted by atomic mass is 19.4. The number of Topliss-reactive ketones (excluding diaryl/α,β-unsaturated/α-hetero) is 1. The monoisotopic (exact) mass is 264 g/mol. The molecule has 0 unspecified atom stereocenters. The lowest BCUT2D eigenvalue weighted by atomic mass is 9.90. The van der Waals surface area contributed by atoms with E-state index >= 15 is 0 Å². The Hall–Kier alpha value is -1.38. The number of carbonyl (C=O) groups is 1. The fraction of sp³-hybridized carbons (Fsp3) is 0.667. The van der Waals surface area contributed by atoms with E-state index in [4.69, 9.17) is 0 Å². The third-order valence-corrected chi connectivity index (χ3v) is 2.26. The second kappa shape index (κ2) is 5.09. The van der Waals surface area contributed by atoms with Gasteiger partial charge in [0.2, 0.25) is 0 Å². The average Bonchev–Trinajstić information content (AvgIpc) is 2.44. The summed E-state index contributed by atoms with van der Waals surface area (Å²) in [5.74, 6) is -0.0844. The Morgan fingerprint density at radius 2 is 2.06 bits per heavy atom. The maximum Gasteiger partial charge on any atom is 0.531 e. The van der Waals surface area contributed by atoms with Crippen LogP contribution < -0.4 is 0 Å². The Morgan fingerprint density at radius 1 is 1.44 bits per heavy atom. The van der Waals surface area contributed by atoms with Crippen LogP contribution in [0.3, 0.4) is 0 Å². The molecule has 1 aromatic rings. The first kappa shape index (κ1) is 14.7. The van der Waals surface area contributed by atoms with Crippen molar-refractivity contribution in [1.82, 2.24) is 15.0 Å². The lowest BCUT2D eigenvalue weighted by Crippen LogP contribution is -2.48. The lowest BCUT2D eigenvalue weighted by Gasteiger charge is -2.33. The van der Waals surface area contributed by atoms with Crippen LogP contribution in [-0.4, -0.2) is 52.8 Å². The number of hydrogen-bond acceptors (Lipinski definition) is 3. The maximum atomic E-state index is 12.4. The van der Waals surface area contributed by atoms with Gasteiger partial charge in [0.25, 0.3) is 0 Å². The zero-order valence-electron chi connectivity index (χ0n) is 10.6. The molecule has 1 heterocycles. The van der Waals surface area contributed by atoms with Gasteiger partial charge in [0.1, 0.15) is 18.8 Å². The second-order valence-corrected chi connectivity index (χ2v) is 5.10. The van der Waals surface area contributed by atoms with Crippen molar-refractivity contribution in [3.8, 4) is 0 Å². The zero-order valence-corrected chi connectivity index (χ0v) is 10.6. The number of hydrogen-bond donors (Lipinski definition) is 0. The first-order chi connectivity index (χ1) is 8.07. The molecular weight excluding hydrogens is 248 g/mol. The highest BCUT2D eigenvalue weighted by Gasteiger charge is 2.34. The van der Waals surface area contributed by atoms with Gasteiger partial charge in [-0.25, -0.2) is 4.68 Å². The number of halogens is 3. The van der Waals surface area contributed by atoms with E-state index in [1.807, 2.05) is 0 Å². The van der Waals surface area contributed by atoms with Gasteiger partial charge >= 0.3 is 6.98 Å². The number of carbonyl (C=O) groups excluding carboxylic acids is 1. The van der Waals surface area contributed by atoms with Crippen LogP contribution in [0.25, 0.3) is 0 Å². The molecular formula is C9H16BF3N4O. The molecule has 1 aromatic heterocycles. The van der Waals surface area contributed by atoms with Crippen LogP contribution in [0.1, 0.15) is 12.6 Å². The molecule has 0 N–H and O–H groups in total. The van der Waals surface area contributed by atoms with Gasteiger partial charge in [-0.1, -0.05) is 5.21 Å². The smallest absolute Gasteiger partial charge is 0.445 e. The molecule has 102 valence electrons. The van der Waals surface area contributed by atoms with Crippen LogP contribution in [0.2, 0.25) is 0 Å². The van der Waals surface area contributed by atoms with Gasteiger partial charge in [-0.05, 0) is 6.92 Å². The molecule has 0 saturated carbocycles. The molecule has 0 spiro atoms. The van der Waals surface area contributed by atoms with Crippen molar-refractivity contribution >= 4 is 12.8 Å². The van der Waals surface area contributed by atoms with Crippen LogP contribution in [0, 0.1) is 0 Å². The molecule has 9 heteroatoms. The Bertz CT molecular complexity index is 430. The van der Waals surface area contributed by atoms with Gasteiger partial charge in [-0.3, -0.25) is 4.79 Å². The van der Waals surface area contributed by atoms with Gasteiger partial charge in [0, 0.05) is 0 Å². The van der Waals surface area contributed by atoms with Crippen molar-refractivity contribution < 1.29 is 22.2 Å². The second-order valence-electron chi connectivity index (χ2n) is 5.10. The summed E-state index contributed by atoms with van der Waals surface area (Å²) in [4.78, 5) is 10.9. The summed E-state index contributed by atoms with van der Waals surface area (Å²) in [6.45, 7) is -3.22. The number of quaternary nitrogens is 1. The molecule has 0 radical (unpaired) electrons. The number of rotatable bonds is 6. The van der Waals surface area contributed by atoms with E-state index in [-0.39, 0.29) is 23.4 Å². The minimum Gasteiger partial charge on any atom is -0.445 e. The maximum absolute atomic E-state index is 12.4. The number of aromatic nitrogens is 3. The Morgan fingerprint density at radius 3 is 2.56 bits per heavy atom. The van der Waals surface area contributed by atoms with Crippen molar-refractivity contribution in [2.75, 3.05) is 20.5 Å². The Kier molecular flexibility index (Phi) is 4.15. The van der Waals surface area contributed by atoms with E-state index in [0.29, 0.717) is 5.69 Å². The first-order valence-corrected chi connectivity index (χ1v) is 5.49. The molecule has 0 amide bonds. The molecule has 0 atom stereocenters. The predicted octanol–water partition coefficient (Wildman–Crippen LogP) is 0.830. The molecule has 0 bridgehead atoms. The van der Waals surface area contributed by atoms with E-state index in [1.165, 1.54) is 31.9 Å². The first-order valence-electron chi connectivity index (χ1n) is 5.49. The number of ketones is 1. The molecule has 0 aromatic carbocycles. The molecule has 0 saturated heterocycles. The standard InChI is InChI=1S/C9H16BF3N4O/c1-8(18)4-16-5-9(14-15-16)6-17(2,3)7-10(11,12)13/h5H,4,6-7H2,1-3H3. The Labute approximate surface area is 103 Å². The minimum absolute atomic E-state index is 0.0844. The van der Waals surface area contributed by atoms with Gasteiger partial charge in [0.15, 0.2) is 5.78 Å². The van der Waals surface area contributed by atoms with Crippen molar-refractivity contribution in [3.63, 3.8) is 0 Å². The third-order valence-electron chi connectivity index (χ3n) is 2.26. The van der Waals surface area contributed by atoms with E-state index < -0.39 is 13.4 Å². The normalized spacial score (nSPS) is 12.8. The summed E-state index contributed by atoms with van der Waals surface area (Å²) in [5, 5.41) is 7.47. The number of nitrogens with zero attached hydrogens (tertiary/aromatic N) is 4. The molecule has 18 heavy (non-hydrogen) atoms. The van der Waals surface area contributed by atoms with Crippen LogP contribution in [0.5, 0.6) is 0 Å². The van der Waals surface area contributed by atoms with Gasteiger partial charge in [-0.15, -0.1) is 5.10 Å². The fourth-order valence-corrected chi connectivity index (χ4v) is 1.78. The largest absolute Gasteiger partial charge is 0.531 e. The highest BCUT2D eigenvalue weighted by molar-refractivity contribution is 6.58. The van der Waals surface area contributed by atoms with Gasteiger partial charge in [-0.2, -0.15) is 0 Å². The molecule has 1 rings (SSSR count). The Balaban J connectivity index is 2.66. The van der Waals surface area contributed by atoms with Crippen LogP contribution in [-0.2, 0) is 17.9 Å². The summed E-state index contributed by atoms with van der Waals surface area (Å²) in [6, 6.07) is 0. The molecule has 0 aliphatic heterocycles. The van der Waals surface area contributed by atoms with Crippen molar-refractivity contribution in [2.45, 2.75) is 20.0 Å². The SMILES string of the molecule is CC(=O)Cn1cc(C[N+](C)(C)C[B-](F)(F)F)nn1. The summed E-state index contributed by atoms with van der Waals surface area (Å²) >= 11 is 0. The zero-order chi connectivity index (χ0) is 14.0. The minimum atomic E-state index is -4.84. The van der Waals surface area contributed by atoms with Crippen molar-refractivity contribution in [1.29, 1.82) is 0 Å². The molecule has 5 nitrogen and oxygen atoms in total. The summed E-state index contributed by atoms with van der Waals surface area (Å²) in [6.07, 6.45) is 0.629. The quantitative estimate of drug-likeness (QED) is 0.564. The van der Waals surface area contributed by atoms with Crippen LogP contribution >= 0.6 is 0 Å². The van der Waals surface area contributed by atoms with Gasteiger partial charge < -0.3 is 17.4 Å². The predicted molar refractivity (Wildman–Crippen MR) is 60.5 cm³/mol. The van der Waals surface area contributed by atoms with Crippen LogP contribution in [0.4, 0.5) is 12.9 Å². The molecule has 0 fully saturated rings. The molecule has 0 aliphatic rings. The van der Waals surface area contributed by atoms with Crippen molar-refractivity contribution in [3.05, 3.63) is 11.9 Å². The van der Waals surface area contributed by atoms with E-state index in [0.717, 1.165) is 0 Å². The van der Waals surface area contributed by atoms with E-state index in [1.54, 1.807) is 0 Å². The van der Waals surface area contributed by atoms with Gasteiger partial charge in [0.05, 0.1) is 26.7 Å². The van der Waals surface area contributed by atoms with E-state index in [2.05, 4.69) is 10.3 Å². The average molecular weight is 264 g/mol. The third kappa shape index (κ3) is 5.30. The topological polar surface area (TPSA) is 47.8 Å². The lowest BCUT2D eigenvalue weighted by molar-refractivity contribution is -0.895. The highest BCUT2D eigenvalue weighted by Crippen LogP contribution is 2.16. The van der Waals surface area contributed by atoms with Crippen LogP contribution in [0.15, 0.2) is 6.20 Å². The fourth-order valence-electron chi connectivity index (χ4n) is 1.78. The summed E-state index contributed by atoms with van der Waals surface area (Å²) < 4.78 is 38.3. The van der Waals surface area contributed by atoms with Crippen molar-refractivity contribution in [2.24, 2.45) is 0 Å². The summed E-state index contributed by atoms with van der Waals surface area (Å²) in [7, 11) is 2.97. The van der Waals surface area contributed by atoms with E-state index in [9.17, 15) is 17.7 Å². The summed E-state index contributed by atoms with van der Waals surface area (Å²) in [5.41, 5.74) is 0.446. The molecule has 0 aliphatic carbocycles.